The third-order valence-corrected chi connectivity index (χ3v) is 7.06. The molecule has 3 rings (SSSR count). The van der Waals surface area contributed by atoms with Crippen LogP contribution >= 0.6 is 11.6 Å². The molecule has 2 fully saturated rings. The van der Waals surface area contributed by atoms with Gasteiger partial charge in [0.25, 0.3) is 10.0 Å². The summed E-state index contributed by atoms with van der Waals surface area (Å²) in [5, 5.41) is 11.0. The van der Waals surface area contributed by atoms with Crippen molar-refractivity contribution in [1.29, 1.82) is 5.26 Å². The molecule has 0 unspecified atom stereocenters. The topological polar surface area (TPSA) is 90.3 Å². The van der Waals surface area contributed by atoms with Crippen LogP contribution in [0.2, 0.25) is 5.02 Å². The highest BCUT2D eigenvalue weighted by Crippen LogP contribution is 2.48. The van der Waals surface area contributed by atoms with Crippen LogP contribution in [0, 0.1) is 23.0 Å². The molecule has 0 saturated heterocycles. The molecule has 0 aliphatic heterocycles. The number of carbonyl (C=O) groups is 1. The second kappa shape index (κ2) is 6.44. The van der Waals surface area contributed by atoms with Crippen molar-refractivity contribution in [2.24, 2.45) is 0 Å². The lowest BCUT2D eigenvalue weighted by molar-refractivity contribution is -0.114. The predicted octanol–water partition coefficient (Wildman–Crippen LogP) is 3.18. The molecule has 2 saturated carbocycles. The van der Waals surface area contributed by atoms with E-state index in [0.29, 0.717) is 38.2 Å². The molecule has 1 N–H and O–H groups in total. The molecule has 2 aliphatic carbocycles. The lowest BCUT2D eigenvalue weighted by Crippen LogP contribution is -2.56. The molecule has 140 valence electrons. The van der Waals surface area contributed by atoms with Gasteiger partial charge in [0.15, 0.2) is 10.7 Å². The summed E-state index contributed by atoms with van der Waals surface area (Å²) in [6, 6.07) is 2.24. The number of nitrogens with one attached hydrogen (secondary N) is 1. The number of benzene rings is 1. The predicted molar refractivity (Wildman–Crippen MR) is 89.9 cm³/mol. The molecule has 1 amide bonds. The minimum Gasteiger partial charge on any atom is -0.325 e. The van der Waals surface area contributed by atoms with Crippen molar-refractivity contribution in [3.8, 4) is 6.07 Å². The number of hydrogen-bond donors (Lipinski definition) is 1. The van der Waals surface area contributed by atoms with Crippen LogP contribution in [-0.2, 0) is 14.8 Å². The molecule has 6 nitrogen and oxygen atoms in total. The minimum absolute atomic E-state index is 0.320. The van der Waals surface area contributed by atoms with E-state index >= 15 is 0 Å². The van der Waals surface area contributed by atoms with Gasteiger partial charge in [0, 0.05) is 19.0 Å². The summed E-state index contributed by atoms with van der Waals surface area (Å²) in [5.41, 5.74) is -1.63. The van der Waals surface area contributed by atoms with Gasteiger partial charge in [0.05, 0.1) is 11.8 Å². The van der Waals surface area contributed by atoms with Gasteiger partial charge in [0.2, 0.25) is 5.91 Å². The Morgan fingerprint density at radius 2 is 2.04 bits per heavy atom. The van der Waals surface area contributed by atoms with Gasteiger partial charge in [-0.2, -0.15) is 9.57 Å². The summed E-state index contributed by atoms with van der Waals surface area (Å²) < 4.78 is 56.4. The highest BCUT2D eigenvalue weighted by Gasteiger charge is 2.55. The zero-order valence-corrected chi connectivity index (χ0v) is 15.4. The molecule has 0 aromatic heterocycles. The van der Waals surface area contributed by atoms with Gasteiger partial charge in [-0.05, 0) is 32.1 Å². The van der Waals surface area contributed by atoms with E-state index in [0.717, 1.165) is 11.2 Å². The Bertz CT molecular complexity index is 922. The van der Waals surface area contributed by atoms with Crippen molar-refractivity contribution in [2.45, 2.75) is 55.5 Å². The number of amides is 1. The van der Waals surface area contributed by atoms with Gasteiger partial charge in [-0.1, -0.05) is 11.6 Å². The van der Waals surface area contributed by atoms with Gasteiger partial charge in [-0.3, -0.25) is 4.79 Å². The van der Waals surface area contributed by atoms with E-state index in [9.17, 15) is 27.3 Å². The molecule has 10 heteroatoms. The Kier molecular flexibility index (Phi) is 4.71. The number of rotatable bonds is 5. The largest absolute Gasteiger partial charge is 0.325 e. The van der Waals surface area contributed by atoms with E-state index in [4.69, 9.17) is 11.6 Å². The summed E-state index contributed by atoms with van der Waals surface area (Å²) in [7, 11) is -4.63. The number of halogens is 3. The molecule has 1 aromatic carbocycles. The highest BCUT2D eigenvalue weighted by molar-refractivity contribution is 7.89. The van der Waals surface area contributed by atoms with Crippen molar-refractivity contribution < 1.29 is 22.0 Å². The summed E-state index contributed by atoms with van der Waals surface area (Å²) >= 11 is 5.81. The third-order valence-electron chi connectivity index (χ3n) is 4.63. The SMILES string of the molecule is CC(=O)Nc1cc(F)c(S(=O)(=O)N(C2CC2)C2(C#N)CCC2)c(F)c1Cl. The van der Waals surface area contributed by atoms with Crippen molar-refractivity contribution in [3.63, 3.8) is 0 Å². The summed E-state index contributed by atoms with van der Waals surface area (Å²) in [4.78, 5) is 9.93. The highest BCUT2D eigenvalue weighted by atomic mass is 35.5. The fraction of sp³-hybridized carbons (Fsp3) is 0.500. The number of hydrogen-bond acceptors (Lipinski definition) is 4. The number of nitrogens with zero attached hydrogens (tertiary/aromatic N) is 2. The van der Waals surface area contributed by atoms with E-state index in [2.05, 4.69) is 5.32 Å². The normalized spacial score (nSPS) is 18.9. The van der Waals surface area contributed by atoms with Crippen molar-refractivity contribution in [2.75, 3.05) is 5.32 Å². The fourth-order valence-electron chi connectivity index (χ4n) is 3.17. The monoisotopic (exact) mass is 403 g/mol. The van der Waals surface area contributed by atoms with E-state index in [1.807, 2.05) is 6.07 Å². The van der Waals surface area contributed by atoms with Crippen LogP contribution in [0.5, 0.6) is 0 Å². The van der Waals surface area contributed by atoms with E-state index in [1.165, 1.54) is 0 Å². The summed E-state index contributed by atoms with van der Waals surface area (Å²) in [5.74, 6) is -3.46. The number of sulfonamides is 1. The maximum Gasteiger partial charge on any atom is 0.250 e. The third kappa shape index (κ3) is 2.96. The standard InChI is InChI=1S/C16H16ClF2N3O3S/c1-9(23)21-12-7-11(18)15(14(19)13(12)17)26(24,25)22(10-3-4-10)16(8-20)5-2-6-16/h7,10H,2-6H2,1H3,(H,21,23). The van der Waals surface area contributed by atoms with Crippen molar-refractivity contribution >= 4 is 33.2 Å². The number of nitriles is 1. The molecule has 0 heterocycles. The van der Waals surface area contributed by atoms with Gasteiger partial charge < -0.3 is 5.32 Å². The Morgan fingerprint density at radius 1 is 1.42 bits per heavy atom. The first-order valence-electron chi connectivity index (χ1n) is 8.05. The minimum atomic E-state index is -4.63. The van der Waals surface area contributed by atoms with Crippen LogP contribution in [0.25, 0.3) is 0 Å². The summed E-state index contributed by atoms with van der Waals surface area (Å²) in [6.45, 7) is 1.12. The zero-order chi connectivity index (χ0) is 19.3. The average molecular weight is 404 g/mol. The lowest BCUT2D eigenvalue weighted by Gasteiger charge is -2.44. The Labute approximate surface area is 154 Å². The van der Waals surface area contributed by atoms with Crippen LogP contribution in [0.4, 0.5) is 14.5 Å². The van der Waals surface area contributed by atoms with E-state index in [1.54, 1.807) is 0 Å². The second-order valence-electron chi connectivity index (χ2n) is 6.57. The molecule has 1 aromatic rings. The molecule has 0 spiro atoms. The Hall–Kier alpha value is -1.76. The molecule has 26 heavy (non-hydrogen) atoms. The van der Waals surface area contributed by atoms with Crippen LogP contribution in [0.3, 0.4) is 0 Å². The van der Waals surface area contributed by atoms with Crippen LogP contribution in [-0.4, -0.2) is 30.2 Å². The summed E-state index contributed by atoms with van der Waals surface area (Å²) in [6.07, 6.45) is 2.37. The maximum atomic E-state index is 14.7. The Morgan fingerprint density at radius 3 is 2.46 bits per heavy atom. The smallest absolute Gasteiger partial charge is 0.250 e. The molecule has 0 radical (unpaired) electrons. The molecular formula is C16H16ClF2N3O3S. The van der Waals surface area contributed by atoms with Gasteiger partial charge in [-0.25, -0.2) is 17.2 Å². The zero-order valence-electron chi connectivity index (χ0n) is 13.9. The first-order valence-corrected chi connectivity index (χ1v) is 9.87. The second-order valence-corrected chi connectivity index (χ2v) is 8.70. The lowest BCUT2D eigenvalue weighted by atomic mass is 9.78. The fourth-order valence-corrected chi connectivity index (χ4v) is 5.54. The van der Waals surface area contributed by atoms with Gasteiger partial charge in [0.1, 0.15) is 16.4 Å². The average Bonchev–Trinajstić information content (AvgIpc) is 3.31. The molecular weight excluding hydrogens is 388 g/mol. The quantitative estimate of drug-likeness (QED) is 0.764. The van der Waals surface area contributed by atoms with Crippen LogP contribution < -0.4 is 5.32 Å². The van der Waals surface area contributed by atoms with E-state index < -0.39 is 49.1 Å². The molecule has 0 atom stereocenters. The maximum absolute atomic E-state index is 14.7. The van der Waals surface area contributed by atoms with E-state index in [-0.39, 0.29) is 5.69 Å². The molecule has 2 aliphatic rings. The first kappa shape index (κ1) is 19.0. The van der Waals surface area contributed by atoms with Crippen molar-refractivity contribution in [3.05, 3.63) is 22.7 Å². The van der Waals surface area contributed by atoms with Crippen LogP contribution in [0.1, 0.15) is 39.0 Å². The number of anilines is 1. The number of carbonyl (C=O) groups excluding carboxylic acids is 1. The molecule has 0 bridgehead atoms. The first-order chi connectivity index (χ1) is 12.1. The van der Waals surface area contributed by atoms with Gasteiger partial charge >= 0.3 is 0 Å². The Balaban J connectivity index is 2.14. The van der Waals surface area contributed by atoms with Crippen LogP contribution in [0.15, 0.2) is 11.0 Å². The van der Waals surface area contributed by atoms with Gasteiger partial charge in [-0.15, -0.1) is 0 Å². The van der Waals surface area contributed by atoms with Crippen molar-refractivity contribution in [1.82, 2.24) is 4.31 Å².